The molecule has 0 atom stereocenters. The monoisotopic (exact) mass is 368 g/mol. The van der Waals surface area contributed by atoms with Crippen molar-refractivity contribution in [2.75, 3.05) is 25.2 Å². The molecule has 0 aromatic heterocycles. The van der Waals surface area contributed by atoms with Crippen molar-refractivity contribution in [3.05, 3.63) is 54.3 Å². The molecule has 0 aliphatic rings. The third kappa shape index (κ3) is 4.80. The van der Waals surface area contributed by atoms with Gasteiger partial charge in [0.05, 0.1) is 10.6 Å². The molecule has 0 spiro atoms. The number of hydrogen-bond acceptors (Lipinski definition) is 4. The van der Waals surface area contributed by atoms with E-state index in [2.05, 4.69) is 5.32 Å². The largest absolute Gasteiger partial charge is 0.325 e. The van der Waals surface area contributed by atoms with E-state index in [1.807, 2.05) is 0 Å². The highest BCUT2D eigenvalue weighted by molar-refractivity contribution is 8.00. The van der Waals surface area contributed by atoms with Crippen molar-refractivity contribution < 1.29 is 17.6 Å². The lowest BCUT2D eigenvalue weighted by Gasteiger charge is -2.12. The summed E-state index contributed by atoms with van der Waals surface area (Å²) in [6, 6.07) is 11.8. The van der Waals surface area contributed by atoms with Gasteiger partial charge in [-0.25, -0.2) is 17.1 Å². The number of carbonyl (C=O) groups excluding carboxylic acids is 1. The second-order valence-electron chi connectivity index (χ2n) is 5.10. The van der Waals surface area contributed by atoms with Crippen LogP contribution in [0.5, 0.6) is 0 Å². The van der Waals surface area contributed by atoms with Crippen molar-refractivity contribution in [1.82, 2.24) is 4.31 Å². The van der Waals surface area contributed by atoms with Crippen molar-refractivity contribution in [3.63, 3.8) is 0 Å². The van der Waals surface area contributed by atoms with Crippen molar-refractivity contribution >= 4 is 33.4 Å². The summed E-state index contributed by atoms with van der Waals surface area (Å²) in [6.45, 7) is 0. The molecule has 0 aliphatic carbocycles. The third-order valence-electron chi connectivity index (χ3n) is 3.10. The molecule has 0 unspecified atom stereocenters. The zero-order chi connectivity index (χ0) is 17.7. The Morgan fingerprint density at radius 3 is 2.21 bits per heavy atom. The van der Waals surface area contributed by atoms with Gasteiger partial charge in [0.15, 0.2) is 0 Å². The lowest BCUT2D eigenvalue weighted by Crippen LogP contribution is -2.22. The number of hydrogen-bond donors (Lipinski definition) is 1. The minimum atomic E-state index is -3.49. The molecule has 0 aliphatic heterocycles. The summed E-state index contributed by atoms with van der Waals surface area (Å²) >= 11 is 1.29. The Kier molecular flexibility index (Phi) is 5.98. The SMILES string of the molecule is CN(C)S(=O)(=O)c1ccc(NC(=O)CSc2ccc(F)cc2)cc1. The van der Waals surface area contributed by atoms with Crippen LogP contribution in [0.1, 0.15) is 0 Å². The van der Waals surface area contributed by atoms with Crippen LogP contribution in [0.4, 0.5) is 10.1 Å². The molecule has 24 heavy (non-hydrogen) atoms. The number of halogens is 1. The van der Waals surface area contributed by atoms with Crippen molar-refractivity contribution in [3.8, 4) is 0 Å². The van der Waals surface area contributed by atoms with Gasteiger partial charge >= 0.3 is 0 Å². The van der Waals surface area contributed by atoms with E-state index in [1.165, 1.54) is 62.3 Å². The van der Waals surface area contributed by atoms with Gasteiger partial charge in [-0.3, -0.25) is 4.79 Å². The number of sulfonamides is 1. The smallest absolute Gasteiger partial charge is 0.242 e. The zero-order valence-electron chi connectivity index (χ0n) is 13.2. The van der Waals surface area contributed by atoms with E-state index in [9.17, 15) is 17.6 Å². The highest BCUT2D eigenvalue weighted by atomic mass is 32.2. The Balaban J connectivity index is 1.93. The molecule has 2 aromatic rings. The molecule has 5 nitrogen and oxygen atoms in total. The number of benzene rings is 2. The minimum Gasteiger partial charge on any atom is -0.325 e. The van der Waals surface area contributed by atoms with Gasteiger partial charge in [0.1, 0.15) is 5.82 Å². The summed E-state index contributed by atoms with van der Waals surface area (Å²) in [5.74, 6) is -0.382. The highest BCUT2D eigenvalue weighted by Crippen LogP contribution is 2.20. The van der Waals surface area contributed by atoms with Crippen LogP contribution in [0, 0.1) is 5.82 Å². The number of nitrogens with zero attached hydrogens (tertiary/aromatic N) is 1. The van der Waals surface area contributed by atoms with E-state index in [0.29, 0.717) is 5.69 Å². The number of amides is 1. The Morgan fingerprint density at radius 2 is 1.67 bits per heavy atom. The first-order valence-electron chi connectivity index (χ1n) is 7.00. The number of rotatable bonds is 6. The standard InChI is InChI=1S/C16H17FN2O3S2/c1-19(2)24(21,22)15-9-5-13(6-10-15)18-16(20)11-23-14-7-3-12(17)4-8-14/h3-10H,11H2,1-2H3,(H,18,20). The Morgan fingerprint density at radius 1 is 1.08 bits per heavy atom. The predicted molar refractivity (Wildman–Crippen MR) is 93.1 cm³/mol. The summed E-state index contributed by atoms with van der Waals surface area (Å²) in [7, 11) is -0.574. The molecular formula is C16H17FN2O3S2. The van der Waals surface area contributed by atoms with Crippen molar-refractivity contribution in [1.29, 1.82) is 0 Å². The normalized spacial score (nSPS) is 11.5. The molecule has 0 radical (unpaired) electrons. The average molecular weight is 368 g/mol. The van der Waals surface area contributed by atoms with Crippen LogP contribution in [0.25, 0.3) is 0 Å². The van der Waals surface area contributed by atoms with E-state index in [1.54, 1.807) is 12.1 Å². The van der Waals surface area contributed by atoms with Crippen LogP contribution < -0.4 is 5.32 Å². The molecule has 1 amide bonds. The molecule has 128 valence electrons. The van der Waals surface area contributed by atoms with Gasteiger partial charge in [-0.05, 0) is 48.5 Å². The van der Waals surface area contributed by atoms with Gasteiger partial charge in [-0.1, -0.05) is 0 Å². The molecular weight excluding hydrogens is 351 g/mol. The van der Waals surface area contributed by atoms with E-state index in [4.69, 9.17) is 0 Å². The second-order valence-corrected chi connectivity index (χ2v) is 8.30. The van der Waals surface area contributed by atoms with Gasteiger partial charge in [0.2, 0.25) is 15.9 Å². The molecule has 8 heteroatoms. The molecule has 0 saturated carbocycles. The van der Waals surface area contributed by atoms with E-state index in [0.717, 1.165) is 9.20 Å². The number of carbonyl (C=O) groups is 1. The maximum atomic E-state index is 12.8. The Bertz CT molecular complexity index is 804. The lowest BCUT2D eigenvalue weighted by molar-refractivity contribution is -0.113. The number of anilines is 1. The Hall–Kier alpha value is -1.90. The topological polar surface area (TPSA) is 66.5 Å². The van der Waals surface area contributed by atoms with E-state index >= 15 is 0 Å². The number of nitrogens with one attached hydrogen (secondary N) is 1. The van der Waals surface area contributed by atoms with Gasteiger partial charge in [0.25, 0.3) is 0 Å². The quantitative estimate of drug-likeness (QED) is 0.796. The van der Waals surface area contributed by atoms with Crippen LogP contribution in [-0.4, -0.2) is 38.5 Å². The first kappa shape index (κ1) is 18.4. The van der Waals surface area contributed by atoms with E-state index in [-0.39, 0.29) is 22.4 Å². The maximum Gasteiger partial charge on any atom is 0.242 e. The Labute approximate surface area is 144 Å². The molecule has 0 heterocycles. The van der Waals surface area contributed by atoms with Crippen LogP contribution in [0.15, 0.2) is 58.3 Å². The summed E-state index contributed by atoms with van der Waals surface area (Å²) in [5, 5.41) is 2.69. The fourth-order valence-electron chi connectivity index (χ4n) is 1.80. The van der Waals surface area contributed by atoms with Crippen LogP contribution in [-0.2, 0) is 14.8 Å². The summed E-state index contributed by atoms with van der Waals surface area (Å²) in [5.41, 5.74) is 0.511. The molecule has 0 bridgehead atoms. The maximum absolute atomic E-state index is 12.8. The van der Waals surface area contributed by atoms with Crippen molar-refractivity contribution in [2.24, 2.45) is 0 Å². The summed E-state index contributed by atoms with van der Waals surface area (Å²) in [6.07, 6.45) is 0. The lowest BCUT2D eigenvalue weighted by atomic mass is 10.3. The van der Waals surface area contributed by atoms with Gasteiger partial charge in [-0.2, -0.15) is 0 Å². The van der Waals surface area contributed by atoms with Gasteiger partial charge in [0, 0.05) is 24.7 Å². The zero-order valence-corrected chi connectivity index (χ0v) is 14.8. The van der Waals surface area contributed by atoms with Crippen LogP contribution >= 0.6 is 11.8 Å². The first-order valence-corrected chi connectivity index (χ1v) is 9.42. The minimum absolute atomic E-state index is 0.159. The predicted octanol–water partition coefficient (Wildman–Crippen LogP) is 2.81. The molecule has 2 aromatic carbocycles. The fourth-order valence-corrected chi connectivity index (χ4v) is 3.40. The highest BCUT2D eigenvalue weighted by Gasteiger charge is 2.16. The molecule has 0 fully saturated rings. The fraction of sp³-hybridized carbons (Fsp3) is 0.188. The second kappa shape index (κ2) is 7.78. The first-order chi connectivity index (χ1) is 11.3. The summed E-state index contributed by atoms with van der Waals surface area (Å²) < 4.78 is 37.8. The summed E-state index contributed by atoms with van der Waals surface area (Å²) in [4.78, 5) is 12.9. The van der Waals surface area contributed by atoms with Crippen molar-refractivity contribution in [2.45, 2.75) is 9.79 Å². The van der Waals surface area contributed by atoms with Gasteiger partial charge in [-0.15, -0.1) is 11.8 Å². The molecule has 0 saturated heterocycles. The van der Waals surface area contributed by atoms with E-state index < -0.39 is 10.0 Å². The third-order valence-corrected chi connectivity index (χ3v) is 5.94. The van der Waals surface area contributed by atoms with Crippen LogP contribution in [0.2, 0.25) is 0 Å². The molecule has 2 rings (SSSR count). The molecule has 1 N–H and O–H groups in total. The van der Waals surface area contributed by atoms with Crippen LogP contribution in [0.3, 0.4) is 0 Å². The van der Waals surface area contributed by atoms with Gasteiger partial charge < -0.3 is 5.32 Å². The average Bonchev–Trinajstić information content (AvgIpc) is 2.54. The number of thioether (sulfide) groups is 1.